The smallest absolute Gasteiger partial charge is 0.321 e. The number of benzene rings is 1. The molecule has 2 amide bonds. The van der Waals surface area contributed by atoms with E-state index in [0.717, 1.165) is 10.0 Å². The van der Waals surface area contributed by atoms with E-state index in [1.165, 1.54) is 0 Å². The highest BCUT2D eigenvalue weighted by Crippen LogP contribution is 2.30. The molecule has 0 aliphatic carbocycles. The second kappa shape index (κ2) is 5.21. The van der Waals surface area contributed by atoms with Gasteiger partial charge in [-0.2, -0.15) is 0 Å². The molecule has 0 radical (unpaired) electrons. The van der Waals surface area contributed by atoms with E-state index in [2.05, 4.69) is 21.2 Å². The number of amides is 2. The van der Waals surface area contributed by atoms with Gasteiger partial charge in [0.1, 0.15) is 0 Å². The van der Waals surface area contributed by atoms with Crippen molar-refractivity contribution in [2.45, 2.75) is 13.8 Å². The van der Waals surface area contributed by atoms with Crippen molar-refractivity contribution in [1.82, 2.24) is 4.90 Å². The van der Waals surface area contributed by atoms with Crippen LogP contribution in [0.1, 0.15) is 12.5 Å². The largest absolute Gasteiger partial charge is 0.397 e. The molecule has 1 aromatic rings. The van der Waals surface area contributed by atoms with E-state index in [-0.39, 0.29) is 6.03 Å². The first kappa shape index (κ1) is 12.8. The van der Waals surface area contributed by atoms with E-state index in [4.69, 9.17) is 5.73 Å². The summed E-state index contributed by atoms with van der Waals surface area (Å²) >= 11 is 3.38. The van der Waals surface area contributed by atoms with Crippen LogP contribution in [-0.4, -0.2) is 24.5 Å². The van der Waals surface area contributed by atoms with Crippen molar-refractivity contribution in [3.05, 3.63) is 22.2 Å². The maximum atomic E-state index is 11.7. The van der Waals surface area contributed by atoms with E-state index in [0.29, 0.717) is 17.9 Å². The van der Waals surface area contributed by atoms with Gasteiger partial charge >= 0.3 is 6.03 Å². The second-order valence-electron chi connectivity index (χ2n) is 3.66. The molecule has 0 atom stereocenters. The first-order chi connectivity index (χ1) is 7.45. The monoisotopic (exact) mass is 285 g/mol. The summed E-state index contributed by atoms with van der Waals surface area (Å²) in [5, 5.41) is 2.77. The highest BCUT2D eigenvalue weighted by atomic mass is 79.9. The number of urea groups is 1. The Morgan fingerprint density at radius 1 is 1.56 bits per heavy atom. The van der Waals surface area contributed by atoms with Gasteiger partial charge in [-0.15, -0.1) is 0 Å². The Morgan fingerprint density at radius 2 is 2.19 bits per heavy atom. The van der Waals surface area contributed by atoms with Crippen LogP contribution in [0.25, 0.3) is 0 Å². The molecule has 16 heavy (non-hydrogen) atoms. The fraction of sp³-hybridized carbons (Fsp3) is 0.364. The average molecular weight is 286 g/mol. The van der Waals surface area contributed by atoms with Gasteiger partial charge < -0.3 is 16.0 Å². The van der Waals surface area contributed by atoms with Crippen LogP contribution in [0.3, 0.4) is 0 Å². The molecule has 0 spiro atoms. The lowest BCUT2D eigenvalue weighted by Crippen LogP contribution is -2.31. The standard InChI is InChI=1S/C11H16BrN3O/c1-4-15(3)11(16)14-10-8(12)5-7(2)6-9(10)13/h5-6H,4,13H2,1-3H3,(H,14,16). The Bertz CT molecular complexity index is 383. The molecule has 0 fully saturated rings. The second-order valence-corrected chi connectivity index (χ2v) is 4.51. The van der Waals surface area contributed by atoms with Crippen LogP contribution >= 0.6 is 15.9 Å². The zero-order valence-corrected chi connectivity index (χ0v) is 11.3. The molecule has 0 aliphatic rings. The maximum absolute atomic E-state index is 11.7. The van der Waals surface area contributed by atoms with Crippen LogP contribution in [0.5, 0.6) is 0 Å². The molecule has 0 aromatic heterocycles. The summed E-state index contributed by atoms with van der Waals surface area (Å²) < 4.78 is 0.794. The summed E-state index contributed by atoms with van der Waals surface area (Å²) in [4.78, 5) is 13.2. The predicted octanol–water partition coefficient (Wildman–Crippen LogP) is 2.82. The number of nitrogen functional groups attached to an aromatic ring is 1. The Morgan fingerprint density at radius 3 is 2.69 bits per heavy atom. The van der Waals surface area contributed by atoms with E-state index in [9.17, 15) is 4.79 Å². The van der Waals surface area contributed by atoms with E-state index in [1.54, 1.807) is 11.9 Å². The zero-order valence-electron chi connectivity index (χ0n) is 9.67. The van der Waals surface area contributed by atoms with E-state index < -0.39 is 0 Å². The van der Waals surface area contributed by atoms with Crippen molar-refractivity contribution in [2.24, 2.45) is 0 Å². The lowest BCUT2D eigenvalue weighted by Gasteiger charge is -2.17. The van der Waals surface area contributed by atoms with Gasteiger partial charge in [0.05, 0.1) is 11.4 Å². The van der Waals surface area contributed by atoms with Gasteiger partial charge in [0.15, 0.2) is 0 Å². The van der Waals surface area contributed by atoms with Crippen LogP contribution in [0, 0.1) is 6.92 Å². The molecule has 4 nitrogen and oxygen atoms in total. The Labute approximate surface area is 104 Å². The van der Waals surface area contributed by atoms with Crippen molar-refractivity contribution in [3.63, 3.8) is 0 Å². The number of carbonyl (C=O) groups excluding carboxylic acids is 1. The van der Waals surface area contributed by atoms with Crippen molar-refractivity contribution >= 4 is 33.3 Å². The summed E-state index contributed by atoms with van der Waals surface area (Å²) in [6, 6.07) is 3.57. The molecule has 1 aromatic carbocycles. The fourth-order valence-corrected chi connectivity index (χ4v) is 1.94. The molecule has 0 unspecified atom stereocenters. The van der Waals surface area contributed by atoms with Gasteiger partial charge in [0, 0.05) is 18.1 Å². The summed E-state index contributed by atoms with van der Waals surface area (Å²) in [5.41, 5.74) is 8.08. The Balaban J connectivity index is 2.93. The summed E-state index contributed by atoms with van der Waals surface area (Å²) in [6.45, 7) is 4.51. The highest BCUT2D eigenvalue weighted by Gasteiger charge is 2.11. The molecule has 0 saturated heterocycles. The van der Waals surface area contributed by atoms with Crippen molar-refractivity contribution in [3.8, 4) is 0 Å². The predicted molar refractivity (Wildman–Crippen MR) is 70.6 cm³/mol. The molecule has 0 aliphatic heterocycles. The van der Waals surface area contributed by atoms with Crippen LogP contribution in [0.4, 0.5) is 16.2 Å². The van der Waals surface area contributed by atoms with Crippen molar-refractivity contribution in [2.75, 3.05) is 24.6 Å². The Hall–Kier alpha value is -1.23. The summed E-state index contributed by atoms with van der Waals surface area (Å²) in [7, 11) is 1.73. The lowest BCUT2D eigenvalue weighted by molar-refractivity contribution is 0.224. The minimum atomic E-state index is -0.168. The maximum Gasteiger partial charge on any atom is 0.321 e. The number of aryl methyl sites for hydroxylation is 1. The van der Waals surface area contributed by atoms with Crippen molar-refractivity contribution < 1.29 is 4.79 Å². The van der Waals surface area contributed by atoms with Gasteiger partial charge in [0.25, 0.3) is 0 Å². The third-order valence-electron chi connectivity index (χ3n) is 2.32. The third-order valence-corrected chi connectivity index (χ3v) is 2.94. The molecular formula is C11H16BrN3O. The molecule has 3 N–H and O–H groups in total. The van der Waals surface area contributed by atoms with Crippen LogP contribution in [-0.2, 0) is 0 Å². The number of nitrogens with two attached hydrogens (primary N) is 1. The number of anilines is 2. The minimum Gasteiger partial charge on any atom is -0.397 e. The highest BCUT2D eigenvalue weighted by molar-refractivity contribution is 9.10. The first-order valence-corrected chi connectivity index (χ1v) is 5.82. The number of halogens is 1. The zero-order chi connectivity index (χ0) is 12.3. The Kier molecular flexibility index (Phi) is 4.18. The molecule has 1 rings (SSSR count). The molecule has 0 heterocycles. The van der Waals surface area contributed by atoms with Gasteiger partial charge in [-0.05, 0) is 47.5 Å². The van der Waals surface area contributed by atoms with Gasteiger partial charge in [-0.1, -0.05) is 0 Å². The van der Waals surface area contributed by atoms with Gasteiger partial charge in [-0.3, -0.25) is 0 Å². The molecule has 0 bridgehead atoms. The van der Waals surface area contributed by atoms with E-state index in [1.807, 2.05) is 26.0 Å². The summed E-state index contributed by atoms with van der Waals surface area (Å²) in [5.74, 6) is 0. The summed E-state index contributed by atoms with van der Waals surface area (Å²) in [6.07, 6.45) is 0. The van der Waals surface area contributed by atoms with Gasteiger partial charge in [-0.25, -0.2) is 4.79 Å². The van der Waals surface area contributed by atoms with E-state index >= 15 is 0 Å². The topological polar surface area (TPSA) is 58.4 Å². The lowest BCUT2D eigenvalue weighted by atomic mass is 10.2. The fourth-order valence-electron chi connectivity index (χ4n) is 1.25. The molecule has 0 saturated carbocycles. The molecule has 88 valence electrons. The van der Waals surface area contributed by atoms with Gasteiger partial charge in [0.2, 0.25) is 0 Å². The first-order valence-electron chi connectivity index (χ1n) is 5.03. The normalized spacial score (nSPS) is 10.0. The van der Waals surface area contributed by atoms with Crippen LogP contribution < -0.4 is 11.1 Å². The van der Waals surface area contributed by atoms with Crippen LogP contribution in [0.2, 0.25) is 0 Å². The SMILES string of the molecule is CCN(C)C(=O)Nc1c(N)cc(C)cc1Br. The number of carbonyl (C=O) groups is 1. The van der Waals surface area contributed by atoms with Crippen LogP contribution in [0.15, 0.2) is 16.6 Å². The average Bonchev–Trinajstić information content (AvgIpc) is 2.21. The number of nitrogens with zero attached hydrogens (tertiary/aromatic N) is 1. The molecule has 5 heteroatoms. The number of hydrogen-bond donors (Lipinski definition) is 2. The minimum absolute atomic E-state index is 0.168. The molecular weight excluding hydrogens is 270 g/mol. The number of hydrogen-bond acceptors (Lipinski definition) is 2. The quantitative estimate of drug-likeness (QED) is 0.821. The number of nitrogens with one attached hydrogen (secondary N) is 1. The van der Waals surface area contributed by atoms with Crippen molar-refractivity contribution in [1.29, 1.82) is 0 Å². The number of rotatable bonds is 2. The third kappa shape index (κ3) is 2.88.